The molecule has 0 unspecified atom stereocenters. The molecule has 1 fully saturated rings. The van der Waals surface area contributed by atoms with Crippen molar-refractivity contribution in [2.24, 2.45) is 5.41 Å². The van der Waals surface area contributed by atoms with E-state index in [0.29, 0.717) is 12.3 Å². The standard InChI is InChI=1S/C14H21FN2O/c1-4-18-13-8-12(11(16)7-10(13)15)17-6-5-14(2,3)9-17/h7-8H,4-6,9,16H2,1-3H3. The van der Waals surface area contributed by atoms with Crippen LogP contribution in [0.1, 0.15) is 27.2 Å². The maximum atomic E-state index is 13.6. The molecule has 0 atom stereocenters. The van der Waals surface area contributed by atoms with Gasteiger partial charge in [0.2, 0.25) is 0 Å². The minimum Gasteiger partial charge on any atom is -0.491 e. The summed E-state index contributed by atoms with van der Waals surface area (Å²) in [5, 5.41) is 0. The third kappa shape index (κ3) is 2.52. The molecule has 0 radical (unpaired) electrons. The van der Waals surface area contributed by atoms with Gasteiger partial charge < -0.3 is 15.4 Å². The van der Waals surface area contributed by atoms with E-state index >= 15 is 0 Å². The smallest absolute Gasteiger partial charge is 0.167 e. The van der Waals surface area contributed by atoms with E-state index in [9.17, 15) is 4.39 Å². The van der Waals surface area contributed by atoms with E-state index in [-0.39, 0.29) is 11.2 Å². The molecule has 100 valence electrons. The lowest BCUT2D eigenvalue weighted by atomic mass is 9.93. The van der Waals surface area contributed by atoms with Gasteiger partial charge in [0.05, 0.1) is 18.0 Å². The summed E-state index contributed by atoms with van der Waals surface area (Å²) in [5.74, 6) is -0.108. The maximum Gasteiger partial charge on any atom is 0.167 e. The number of halogens is 1. The van der Waals surface area contributed by atoms with Crippen molar-refractivity contribution < 1.29 is 9.13 Å². The van der Waals surface area contributed by atoms with Gasteiger partial charge in [0, 0.05) is 25.2 Å². The summed E-state index contributed by atoms with van der Waals surface area (Å²) >= 11 is 0. The van der Waals surface area contributed by atoms with Crippen LogP contribution in [0.4, 0.5) is 15.8 Å². The minimum absolute atomic E-state index is 0.284. The van der Waals surface area contributed by atoms with Gasteiger partial charge in [0.25, 0.3) is 0 Å². The first-order valence-electron chi connectivity index (χ1n) is 6.40. The van der Waals surface area contributed by atoms with Gasteiger partial charge in [-0.1, -0.05) is 13.8 Å². The van der Waals surface area contributed by atoms with Crippen LogP contribution in [0.5, 0.6) is 5.75 Å². The highest BCUT2D eigenvalue weighted by Crippen LogP contribution is 2.37. The topological polar surface area (TPSA) is 38.5 Å². The molecule has 18 heavy (non-hydrogen) atoms. The predicted molar refractivity (Wildman–Crippen MR) is 72.6 cm³/mol. The highest BCUT2D eigenvalue weighted by atomic mass is 19.1. The Balaban J connectivity index is 2.30. The van der Waals surface area contributed by atoms with E-state index in [2.05, 4.69) is 18.7 Å². The predicted octanol–water partition coefficient (Wildman–Crippen LogP) is 3.04. The van der Waals surface area contributed by atoms with Crippen molar-refractivity contribution >= 4 is 11.4 Å². The molecule has 1 heterocycles. The van der Waals surface area contributed by atoms with E-state index in [1.54, 1.807) is 6.07 Å². The molecule has 1 aliphatic rings. The molecule has 0 saturated carbocycles. The average Bonchev–Trinajstić information content (AvgIpc) is 2.63. The maximum absolute atomic E-state index is 13.6. The van der Waals surface area contributed by atoms with Crippen molar-refractivity contribution in [2.45, 2.75) is 27.2 Å². The zero-order valence-corrected chi connectivity index (χ0v) is 11.3. The molecule has 1 saturated heterocycles. The van der Waals surface area contributed by atoms with Crippen molar-refractivity contribution in [1.29, 1.82) is 0 Å². The Bertz CT molecular complexity index is 446. The second-order valence-corrected chi connectivity index (χ2v) is 5.61. The molecule has 0 aromatic heterocycles. The normalized spacial score (nSPS) is 18.1. The molecule has 4 heteroatoms. The van der Waals surface area contributed by atoms with Crippen LogP contribution in [0.3, 0.4) is 0 Å². The van der Waals surface area contributed by atoms with Crippen molar-refractivity contribution in [3.8, 4) is 5.75 Å². The summed E-state index contributed by atoms with van der Waals surface area (Å²) in [6.45, 7) is 8.65. The molecule has 1 aromatic rings. The fourth-order valence-electron chi connectivity index (χ4n) is 2.42. The van der Waals surface area contributed by atoms with Crippen molar-refractivity contribution in [2.75, 3.05) is 30.3 Å². The fraction of sp³-hybridized carbons (Fsp3) is 0.571. The van der Waals surface area contributed by atoms with Gasteiger partial charge in [-0.3, -0.25) is 0 Å². The Labute approximate surface area is 108 Å². The van der Waals surface area contributed by atoms with Crippen LogP contribution in [0.15, 0.2) is 12.1 Å². The Kier molecular flexibility index (Phi) is 3.37. The quantitative estimate of drug-likeness (QED) is 0.840. The van der Waals surface area contributed by atoms with Gasteiger partial charge in [-0.2, -0.15) is 0 Å². The van der Waals surface area contributed by atoms with Gasteiger partial charge in [0.1, 0.15) is 0 Å². The number of nitrogen functional groups attached to an aromatic ring is 1. The van der Waals surface area contributed by atoms with Crippen LogP contribution in [0, 0.1) is 11.2 Å². The molecule has 0 spiro atoms. The van der Waals surface area contributed by atoms with Gasteiger partial charge in [-0.25, -0.2) is 4.39 Å². The van der Waals surface area contributed by atoms with Crippen LogP contribution in [-0.2, 0) is 0 Å². The molecular formula is C14H21FN2O. The summed E-state index contributed by atoms with van der Waals surface area (Å²) in [6, 6.07) is 3.07. The molecule has 1 aromatic carbocycles. The molecule has 2 rings (SSSR count). The molecule has 2 N–H and O–H groups in total. The van der Waals surface area contributed by atoms with Gasteiger partial charge in [0.15, 0.2) is 11.6 Å². The second kappa shape index (κ2) is 4.67. The Morgan fingerprint density at radius 2 is 2.17 bits per heavy atom. The number of rotatable bonds is 3. The second-order valence-electron chi connectivity index (χ2n) is 5.61. The summed E-state index contributed by atoms with van der Waals surface area (Å²) in [6.07, 6.45) is 1.12. The average molecular weight is 252 g/mol. The lowest BCUT2D eigenvalue weighted by Crippen LogP contribution is -2.23. The lowest BCUT2D eigenvalue weighted by molar-refractivity contribution is 0.321. The SMILES string of the molecule is CCOc1cc(N2CCC(C)(C)C2)c(N)cc1F. The molecule has 1 aliphatic heterocycles. The summed E-state index contributed by atoms with van der Waals surface area (Å²) in [7, 11) is 0. The molecule has 0 amide bonds. The van der Waals surface area contributed by atoms with Crippen LogP contribution in [0.25, 0.3) is 0 Å². The van der Waals surface area contributed by atoms with Crippen molar-refractivity contribution in [1.82, 2.24) is 0 Å². The zero-order valence-electron chi connectivity index (χ0n) is 11.3. The molecule has 3 nitrogen and oxygen atoms in total. The number of hydrogen-bond acceptors (Lipinski definition) is 3. The Hall–Kier alpha value is -1.45. The molecular weight excluding hydrogens is 231 g/mol. The largest absolute Gasteiger partial charge is 0.491 e. The number of hydrogen-bond donors (Lipinski definition) is 1. The van der Waals surface area contributed by atoms with E-state index in [1.807, 2.05) is 6.92 Å². The monoisotopic (exact) mass is 252 g/mol. The van der Waals surface area contributed by atoms with Crippen molar-refractivity contribution in [3.63, 3.8) is 0 Å². The van der Waals surface area contributed by atoms with E-state index in [1.165, 1.54) is 6.07 Å². The number of nitrogens with zero attached hydrogens (tertiary/aromatic N) is 1. The van der Waals surface area contributed by atoms with Crippen LogP contribution in [-0.4, -0.2) is 19.7 Å². The van der Waals surface area contributed by atoms with Gasteiger partial charge in [-0.05, 0) is 18.8 Å². The molecule has 0 bridgehead atoms. The van der Waals surface area contributed by atoms with Crippen molar-refractivity contribution in [3.05, 3.63) is 17.9 Å². The third-order valence-corrected chi connectivity index (χ3v) is 3.40. The van der Waals surface area contributed by atoms with Gasteiger partial charge in [-0.15, -0.1) is 0 Å². The summed E-state index contributed by atoms with van der Waals surface area (Å²) < 4.78 is 18.9. The zero-order chi connectivity index (χ0) is 13.3. The molecule has 0 aliphatic carbocycles. The highest BCUT2D eigenvalue weighted by Gasteiger charge is 2.30. The summed E-state index contributed by atoms with van der Waals surface area (Å²) in [4.78, 5) is 2.21. The third-order valence-electron chi connectivity index (χ3n) is 3.40. The minimum atomic E-state index is -0.392. The number of anilines is 2. The first kappa shape index (κ1) is 13.0. The van der Waals surface area contributed by atoms with Crippen LogP contribution < -0.4 is 15.4 Å². The van der Waals surface area contributed by atoms with E-state index < -0.39 is 5.82 Å². The first-order valence-corrected chi connectivity index (χ1v) is 6.40. The highest BCUT2D eigenvalue weighted by molar-refractivity contribution is 5.70. The Morgan fingerprint density at radius 1 is 1.44 bits per heavy atom. The van der Waals surface area contributed by atoms with E-state index in [4.69, 9.17) is 10.5 Å². The van der Waals surface area contributed by atoms with Crippen LogP contribution >= 0.6 is 0 Å². The fourth-order valence-corrected chi connectivity index (χ4v) is 2.42. The summed E-state index contributed by atoms with van der Waals surface area (Å²) in [5.41, 5.74) is 7.56. The first-order chi connectivity index (χ1) is 8.43. The number of ether oxygens (including phenoxy) is 1. The number of benzene rings is 1. The Morgan fingerprint density at radius 3 is 2.72 bits per heavy atom. The lowest BCUT2D eigenvalue weighted by Gasteiger charge is -2.23. The van der Waals surface area contributed by atoms with Gasteiger partial charge >= 0.3 is 0 Å². The van der Waals surface area contributed by atoms with Crippen LogP contribution in [0.2, 0.25) is 0 Å². The van der Waals surface area contributed by atoms with E-state index in [0.717, 1.165) is 25.2 Å². The number of nitrogens with two attached hydrogens (primary N) is 1.